The highest BCUT2D eigenvalue weighted by Gasteiger charge is 2.35. The van der Waals surface area contributed by atoms with Gasteiger partial charge in [0.1, 0.15) is 5.69 Å². The van der Waals surface area contributed by atoms with Gasteiger partial charge in [0.05, 0.1) is 13.2 Å². The number of nitrogens with zero attached hydrogens (tertiary/aromatic N) is 3. The fraction of sp³-hybridized carbons (Fsp3) is 0.667. The molecule has 0 spiro atoms. The van der Waals surface area contributed by atoms with Crippen LogP contribution in [0.2, 0.25) is 0 Å². The van der Waals surface area contributed by atoms with E-state index in [1.54, 1.807) is 0 Å². The van der Waals surface area contributed by atoms with Gasteiger partial charge >= 0.3 is 6.18 Å². The molecule has 2 heterocycles. The SMILES string of the molecule is Cn1nc(C(F)(F)F)cc1C(=O)NCCN1CCOCC1. The van der Waals surface area contributed by atoms with Crippen LogP contribution in [0.5, 0.6) is 0 Å². The van der Waals surface area contributed by atoms with E-state index in [9.17, 15) is 18.0 Å². The number of aryl methyl sites for hydroxylation is 1. The second kappa shape index (κ2) is 6.44. The van der Waals surface area contributed by atoms with Crippen LogP contribution in [-0.2, 0) is 18.0 Å². The van der Waals surface area contributed by atoms with Gasteiger partial charge in [0.2, 0.25) is 0 Å². The first-order chi connectivity index (χ1) is 9.88. The Balaban J connectivity index is 1.87. The molecule has 0 saturated carbocycles. The Morgan fingerprint density at radius 3 is 2.67 bits per heavy atom. The van der Waals surface area contributed by atoms with Crippen LogP contribution in [0.4, 0.5) is 13.2 Å². The van der Waals surface area contributed by atoms with Crippen molar-refractivity contribution in [3.63, 3.8) is 0 Å². The molecule has 1 saturated heterocycles. The third-order valence-corrected chi connectivity index (χ3v) is 3.22. The maximum atomic E-state index is 12.5. The Morgan fingerprint density at radius 2 is 2.10 bits per heavy atom. The van der Waals surface area contributed by atoms with E-state index in [4.69, 9.17) is 4.74 Å². The Kier molecular flexibility index (Phi) is 4.84. The number of nitrogens with one attached hydrogen (secondary N) is 1. The third-order valence-electron chi connectivity index (χ3n) is 3.22. The zero-order valence-electron chi connectivity index (χ0n) is 11.6. The van der Waals surface area contributed by atoms with E-state index in [1.807, 2.05) is 0 Å². The van der Waals surface area contributed by atoms with E-state index in [0.717, 1.165) is 23.8 Å². The van der Waals surface area contributed by atoms with Crippen molar-refractivity contribution in [1.29, 1.82) is 0 Å². The van der Waals surface area contributed by atoms with Crippen LogP contribution in [0.25, 0.3) is 0 Å². The van der Waals surface area contributed by atoms with Crippen LogP contribution in [-0.4, -0.2) is 60.0 Å². The van der Waals surface area contributed by atoms with Crippen LogP contribution in [0.1, 0.15) is 16.2 Å². The van der Waals surface area contributed by atoms with E-state index < -0.39 is 17.8 Å². The number of ether oxygens (including phenoxy) is 1. The van der Waals surface area contributed by atoms with Gasteiger partial charge in [-0.2, -0.15) is 18.3 Å². The second-order valence-corrected chi connectivity index (χ2v) is 4.75. The number of aromatic nitrogens is 2. The first kappa shape index (κ1) is 15.8. The van der Waals surface area contributed by atoms with Gasteiger partial charge in [-0.3, -0.25) is 14.4 Å². The zero-order chi connectivity index (χ0) is 15.5. The summed E-state index contributed by atoms with van der Waals surface area (Å²) in [5, 5.41) is 5.91. The van der Waals surface area contributed by atoms with Gasteiger partial charge in [-0.05, 0) is 0 Å². The van der Waals surface area contributed by atoms with Crippen molar-refractivity contribution in [2.45, 2.75) is 6.18 Å². The Labute approximate surface area is 119 Å². The van der Waals surface area contributed by atoms with Gasteiger partial charge in [-0.15, -0.1) is 0 Å². The Morgan fingerprint density at radius 1 is 1.43 bits per heavy atom. The maximum absolute atomic E-state index is 12.5. The van der Waals surface area contributed by atoms with Crippen molar-refractivity contribution in [1.82, 2.24) is 20.0 Å². The summed E-state index contributed by atoms with van der Waals surface area (Å²) in [6.45, 7) is 3.90. The maximum Gasteiger partial charge on any atom is 0.435 e. The number of rotatable bonds is 4. The number of alkyl halides is 3. The second-order valence-electron chi connectivity index (χ2n) is 4.75. The van der Waals surface area contributed by atoms with E-state index >= 15 is 0 Å². The number of carbonyl (C=O) groups is 1. The zero-order valence-corrected chi connectivity index (χ0v) is 11.6. The smallest absolute Gasteiger partial charge is 0.379 e. The highest BCUT2D eigenvalue weighted by Crippen LogP contribution is 2.28. The largest absolute Gasteiger partial charge is 0.435 e. The molecule has 0 bridgehead atoms. The predicted octanol–water partition coefficient (Wildman–Crippen LogP) is 0.501. The third kappa shape index (κ3) is 4.18. The minimum Gasteiger partial charge on any atom is -0.379 e. The molecule has 1 aliphatic rings. The Bertz CT molecular complexity index is 495. The van der Waals surface area contributed by atoms with Gasteiger partial charge in [-0.25, -0.2) is 0 Å². The summed E-state index contributed by atoms with van der Waals surface area (Å²) in [6.07, 6.45) is -4.55. The summed E-state index contributed by atoms with van der Waals surface area (Å²) in [6, 6.07) is 0.754. The molecule has 1 N–H and O–H groups in total. The standard InChI is InChI=1S/C12H17F3N4O2/c1-18-9(8-10(17-18)12(13,14)15)11(20)16-2-3-19-4-6-21-7-5-19/h8H,2-7H2,1H3,(H,16,20). The highest BCUT2D eigenvalue weighted by atomic mass is 19.4. The molecule has 0 aromatic carbocycles. The summed E-state index contributed by atoms with van der Waals surface area (Å²) in [5.41, 5.74) is -1.17. The molecule has 1 aromatic rings. The predicted molar refractivity (Wildman–Crippen MR) is 67.8 cm³/mol. The van der Waals surface area contributed by atoms with Crippen molar-refractivity contribution in [3.05, 3.63) is 17.5 Å². The van der Waals surface area contributed by atoms with Gasteiger partial charge in [-0.1, -0.05) is 0 Å². The van der Waals surface area contributed by atoms with Crippen LogP contribution in [0.15, 0.2) is 6.07 Å². The number of hydrogen-bond donors (Lipinski definition) is 1. The molecule has 1 aromatic heterocycles. The molecule has 118 valence electrons. The summed E-state index contributed by atoms with van der Waals surface area (Å²) >= 11 is 0. The molecule has 6 nitrogen and oxygen atoms in total. The molecule has 0 aliphatic carbocycles. The monoisotopic (exact) mass is 306 g/mol. The average Bonchev–Trinajstić information content (AvgIpc) is 2.82. The van der Waals surface area contributed by atoms with E-state index in [-0.39, 0.29) is 5.69 Å². The molecule has 0 unspecified atom stereocenters. The first-order valence-electron chi connectivity index (χ1n) is 6.57. The number of carbonyl (C=O) groups excluding carboxylic acids is 1. The van der Waals surface area contributed by atoms with E-state index in [1.165, 1.54) is 7.05 Å². The molecule has 1 fully saturated rings. The molecular weight excluding hydrogens is 289 g/mol. The number of amides is 1. The summed E-state index contributed by atoms with van der Waals surface area (Å²) in [7, 11) is 1.31. The topological polar surface area (TPSA) is 59.4 Å². The van der Waals surface area contributed by atoms with Crippen LogP contribution >= 0.6 is 0 Å². The van der Waals surface area contributed by atoms with Gasteiger partial charge in [0.25, 0.3) is 5.91 Å². The quantitative estimate of drug-likeness (QED) is 0.880. The van der Waals surface area contributed by atoms with Gasteiger partial charge < -0.3 is 10.1 Å². The molecule has 9 heteroatoms. The van der Waals surface area contributed by atoms with Crippen molar-refractivity contribution in [2.24, 2.45) is 7.05 Å². The minimum atomic E-state index is -4.55. The number of halogens is 3. The lowest BCUT2D eigenvalue weighted by atomic mass is 10.3. The van der Waals surface area contributed by atoms with Crippen molar-refractivity contribution in [2.75, 3.05) is 39.4 Å². The fourth-order valence-corrected chi connectivity index (χ4v) is 2.06. The minimum absolute atomic E-state index is 0.107. The summed E-state index contributed by atoms with van der Waals surface area (Å²) in [5.74, 6) is -0.561. The van der Waals surface area contributed by atoms with E-state index in [2.05, 4.69) is 15.3 Å². The molecule has 1 aliphatic heterocycles. The number of morpholine rings is 1. The van der Waals surface area contributed by atoms with Gasteiger partial charge in [0, 0.05) is 39.3 Å². The lowest BCUT2D eigenvalue weighted by Gasteiger charge is -2.26. The lowest BCUT2D eigenvalue weighted by molar-refractivity contribution is -0.141. The van der Waals surface area contributed by atoms with Crippen LogP contribution in [0.3, 0.4) is 0 Å². The van der Waals surface area contributed by atoms with Crippen LogP contribution in [0, 0.1) is 0 Å². The molecule has 0 radical (unpaired) electrons. The summed E-state index contributed by atoms with van der Waals surface area (Å²) < 4.78 is 43.7. The molecular formula is C12H17F3N4O2. The van der Waals surface area contributed by atoms with Crippen molar-refractivity contribution >= 4 is 5.91 Å². The Hall–Kier alpha value is -1.61. The lowest BCUT2D eigenvalue weighted by Crippen LogP contribution is -2.41. The van der Waals surface area contributed by atoms with Crippen molar-refractivity contribution < 1.29 is 22.7 Å². The first-order valence-corrected chi connectivity index (χ1v) is 6.57. The molecule has 2 rings (SSSR count). The van der Waals surface area contributed by atoms with Crippen molar-refractivity contribution in [3.8, 4) is 0 Å². The molecule has 21 heavy (non-hydrogen) atoms. The number of hydrogen-bond acceptors (Lipinski definition) is 4. The fourth-order valence-electron chi connectivity index (χ4n) is 2.06. The van der Waals surface area contributed by atoms with E-state index in [0.29, 0.717) is 26.3 Å². The average molecular weight is 306 g/mol. The van der Waals surface area contributed by atoms with Crippen LogP contribution < -0.4 is 5.32 Å². The molecule has 1 amide bonds. The van der Waals surface area contributed by atoms with Gasteiger partial charge in [0.15, 0.2) is 5.69 Å². The molecule has 0 atom stereocenters. The highest BCUT2D eigenvalue weighted by molar-refractivity contribution is 5.92. The summed E-state index contributed by atoms with van der Waals surface area (Å²) in [4.78, 5) is 14.0. The normalized spacial score (nSPS) is 17.0.